The van der Waals surface area contributed by atoms with Crippen LogP contribution in [-0.4, -0.2) is 28.5 Å². The first kappa shape index (κ1) is 16.1. The van der Waals surface area contributed by atoms with Crippen molar-refractivity contribution in [2.24, 2.45) is 11.1 Å². The van der Waals surface area contributed by atoms with Crippen molar-refractivity contribution in [1.82, 2.24) is 9.47 Å². The highest BCUT2D eigenvalue weighted by Gasteiger charge is 2.33. The van der Waals surface area contributed by atoms with Crippen molar-refractivity contribution < 1.29 is 4.79 Å². The lowest BCUT2D eigenvalue weighted by Gasteiger charge is -2.34. The number of rotatable bonds is 4. The molecule has 1 aliphatic rings. The molecule has 1 aliphatic carbocycles. The first-order chi connectivity index (χ1) is 9.79. The van der Waals surface area contributed by atoms with Gasteiger partial charge in [-0.3, -0.25) is 4.79 Å². The Labute approximate surface area is 128 Å². The molecule has 1 unspecified atom stereocenters. The van der Waals surface area contributed by atoms with E-state index in [2.05, 4.69) is 31.4 Å². The van der Waals surface area contributed by atoms with E-state index in [0.29, 0.717) is 6.54 Å². The van der Waals surface area contributed by atoms with Gasteiger partial charge in [0.05, 0.1) is 0 Å². The smallest absolute Gasteiger partial charge is 0.242 e. The summed E-state index contributed by atoms with van der Waals surface area (Å²) >= 11 is 0. The molecule has 1 amide bonds. The number of aromatic nitrogens is 1. The third kappa shape index (κ3) is 3.15. The Morgan fingerprint density at radius 1 is 1.43 bits per heavy atom. The maximum absolute atomic E-state index is 12.4. The van der Waals surface area contributed by atoms with Gasteiger partial charge in [0.15, 0.2) is 0 Å². The summed E-state index contributed by atoms with van der Waals surface area (Å²) < 4.78 is 2.18. The number of carbonyl (C=O) groups excluding carboxylic acids is 1. The monoisotopic (exact) mass is 291 g/mol. The number of nitrogens with zero attached hydrogens (tertiary/aromatic N) is 2. The van der Waals surface area contributed by atoms with E-state index >= 15 is 0 Å². The fourth-order valence-corrected chi connectivity index (χ4v) is 3.54. The number of fused-ring (bicyclic) bond motifs is 1. The first-order valence-corrected chi connectivity index (χ1v) is 8.01. The Hall–Kier alpha value is -1.29. The molecule has 4 nitrogen and oxygen atoms in total. The summed E-state index contributed by atoms with van der Waals surface area (Å²) in [6, 6.07) is 2.26. The zero-order valence-electron chi connectivity index (χ0n) is 14.1. The van der Waals surface area contributed by atoms with Crippen molar-refractivity contribution >= 4 is 5.91 Å². The Balaban J connectivity index is 2.32. The Kier molecular flexibility index (Phi) is 4.47. The number of hydrogen-bond donors (Lipinski definition) is 1. The van der Waals surface area contributed by atoms with E-state index in [0.717, 1.165) is 31.6 Å². The molecule has 0 saturated heterocycles. The van der Waals surface area contributed by atoms with E-state index in [9.17, 15) is 4.79 Å². The molecule has 4 heteroatoms. The van der Waals surface area contributed by atoms with Crippen LogP contribution in [-0.2, 0) is 17.8 Å². The van der Waals surface area contributed by atoms with Crippen molar-refractivity contribution in [3.63, 3.8) is 0 Å². The number of likely N-dealkylation sites (N-methyl/N-ethyl adjacent to an activating group) is 1. The van der Waals surface area contributed by atoms with Crippen molar-refractivity contribution in [3.8, 4) is 0 Å². The Bertz CT molecular complexity index is 526. The molecule has 0 aromatic carbocycles. The second-order valence-electron chi connectivity index (χ2n) is 6.99. The highest BCUT2D eigenvalue weighted by Crippen LogP contribution is 2.40. The van der Waals surface area contributed by atoms with Gasteiger partial charge in [0.2, 0.25) is 5.91 Å². The van der Waals surface area contributed by atoms with E-state index in [-0.39, 0.29) is 17.4 Å². The quantitative estimate of drug-likeness (QED) is 0.927. The number of hydrogen-bond acceptors (Lipinski definition) is 2. The van der Waals surface area contributed by atoms with Crippen LogP contribution in [0.25, 0.3) is 0 Å². The minimum atomic E-state index is 0.0901. The lowest BCUT2D eigenvalue weighted by molar-refractivity contribution is -0.131. The molecule has 1 heterocycles. The molecule has 21 heavy (non-hydrogen) atoms. The van der Waals surface area contributed by atoms with Crippen LogP contribution in [0.2, 0.25) is 0 Å². The molecule has 1 aromatic heterocycles. The highest BCUT2D eigenvalue weighted by atomic mass is 16.2. The second kappa shape index (κ2) is 5.84. The molecule has 2 N–H and O–H groups in total. The lowest BCUT2D eigenvalue weighted by Crippen LogP contribution is -2.35. The average molecular weight is 291 g/mol. The van der Waals surface area contributed by atoms with Gasteiger partial charge in [0.1, 0.15) is 6.54 Å². The van der Waals surface area contributed by atoms with Gasteiger partial charge >= 0.3 is 0 Å². The minimum Gasteiger partial charge on any atom is -0.342 e. The molecule has 0 fully saturated rings. The van der Waals surface area contributed by atoms with Gasteiger partial charge in [-0.15, -0.1) is 0 Å². The molecule has 2 rings (SSSR count). The summed E-state index contributed by atoms with van der Waals surface area (Å²) in [6.07, 6.45) is 2.00. The average Bonchev–Trinajstić information content (AvgIpc) is 2.67. The maximum Gasteiger partial charge on any atom is 0.242 e. The molecule has 0 saturated carbocycles. The Morgan fingerprint density at radius 3 is 2.62 bits per heavy atom. The molecule has 1 atom stereocenters. The number of aryl methyl sites for hydroxylation is 1. The lowest BCUT2D eigenvalue weighted by atomic mass is 9.74. The zero-order chi connectivity index (χ0) is 15.8. The van der Waals surface area contributed by atoms with Gasteiger partial charge in [-0.25, -0.2) is 0 Å². The van der Waals surface area contributed by atoms with E-state index in [1.165, 1.54) is 11.3 Å². The normalized spacial score (nSPS) is 20.2. The maximum atomic E-state index is 12.4. The summed E-state index contributed by atoms with van der Waals surface area (Å²) in [5.74, 6) is 0.193. The van der Waals surface area contributed by atoms with Crippen molar-refractivity contribution in [1.29, 1.82) is 0 Å². The van der Waals surface area contributed by atoms with Crippen LogP contribution in [0.3, 0.4) is 0 Å². The molecular formula is C17H29N3O. The molecule has 0 radical (unpaired) electrons. The number of amides is 1. The van der Waals surface area contributed by atoms with Gasteiger partial charge in [-0.2, -0.15) is 0 Å². The van der Waals surface area contributed by atoms with Crippen LogP contribution in [0, 0.1) is 12.3 Å². The molecule has 0 spiro atoms. The molecule has 0 bridgehead atoms. The summed E-state index contributed by atoms with van der Waals surface area (Å²) in [6.45, 7) is 12.6. The Morgan fingerprint density at radius 2 is 2.05 bits per heavy atom. The van der Waals surface area contributed by atoms with Crippen LogP contribution >= 0.6 is 0 Å². The minimum absolute atomic E-state index is 0.0901. The summed E-state index contributed by atoms with van der Waals surface area (Å²) in [5, 5.41) is 0. The molecule has 0 aliphatic heterocycles. The largest absolute Gasteiger partial charge is 0.342 e. The van der Waals surface area contributed by atoms with Crippen molar-refractivity contribution in [2.45, 2.75) is 60.0 Å². The van der Waals surface area contributed by atoms with Gasteiger partial charge in [0, 0.05) is 30.5 Å². The summed E-state index contributed by atoms with van der Waals surface area (Å²) in [5.41, 5.74) is 10.2. The van der Waals surface area contributed by atoms with Gasteiger partial charge in [-0.05, 0) is 50.7 Å². The van der Waals surface area contributed by atoms with Crippen LogP contribution < -0.4 is 5.73 Å². The summed E-state index contributed by atoms with van der Waals surface area (Å²) in [4.78, 5) is 14.3. The standard InChI is InChI=1S/C17H29N3O/c1-6-19(7-2)16(21)11-20-12(3)8-13-14(18)9-17(4,5)10-15(13)20/h8,14H,6-7,9-11,18H2,1-5H3. The van der Waals surface area contributed by atoms with Crippen LogP contribution in [0.4, 0.5) is 0 Å². The fraction of sp³-hybridized carbons (Fsp3) is 0.706. The second-order valence-corrected chi connectivity index (χ2v) is 6.99. The van der Waals surface area contributed by atoms with Gasteiger partial charge in [-0.1, -0.05) is 13.8 Å². The molecule has 118 valence electrons. The van der Waals surface area contributed by atoms with E-state index in [4.69, 9.17) is 5.73 Å². The number of carbonyl (C=O) groups is 1. The first-order valence-electron chi connectivity index (χ1n) is 8.01. The summed E-state index contributed by atoms with van der Waals surface area (Å²) in [7, 11) is 0. The van der Waals surface area contributed by atoms with Crippen molar-refractivity contribution in [2.75, 3.05) is 13.1 Å². The molecular weight excluding hydrogens is 262 g/mol. The van der Waals surface area contributed by atoms with E-state index in [1.807, 2.05) is 18.7 Å². The molecule has 1 aromatic rings. The predicted molar refractivity (Wildman–Crippen MR) is 86.1 cm³/mol. The van der Waals surface area contributed by atoms with Gasteiger partial charge in [0.25, 0.3) is 0 Å². The third-order valence-electron chi connectivity index (χ3n) is 4.68. The van der Waals surface area contributed by atoms with E-state index in [1.54, 1.807) is 0 Å². The fourth-order valence-electron chi connectivity index (χ4n) is 3.54. The van der Waals surface area contributed by atoms with Crippen LogP contribution in [0.5, 0.6) is 0 Å². The SMILES string of the molecule is CCN(CC)C(=O)Cn1c(C)cc2c1CC(C)(C)CC2N. The number of nitrogens with two attached hydrogens (primary N) is 1. The zero-order valence-corrected chi connectivity index (χ0v) is 14.1. The highest BCUT2D eigenvalue weighted by molar-refractivity contribution is 5.76. The van der Waals surface area contributed by atoms with Crippen LogP contribution in [0.15, 0.2) is 6.07 Å². The van der Waals surface area contributed by atoms with Gasteiger partial charge < -0.3 is 15.2 Å². The van der Waals surface area contributed by atoms with Crippen molar-refractivity contribution in [3.05, 3.63) is 23.0 Å². The topological polar surface area (TPSA) is 51.3 Å². The van der Waals surface area contributed by atoms with Crippen LogP contribution in [0.1, 0.15) is 57.1 Å². The predicted octanol–water partition coefficient (Wildman–Crippen LogP) is 2.64. The van der Waals surface area contributed by atoms with E-state index < -0.39 is 0 Å². The third-order valence-corrected chi connectivity index (χ3v) is 4.68.